The van der Waals surface area contributed by atoms with Crippen LogP contribution < -0.4 is 10.5 Å². The van der Waals surface area contributed by atoms with E-state index in [0.717, 1.165) is 5.75 Å². The van der Waals surface area contributed by atoms with Gasteiger partial charge in [0.1, 0.15) is 11.9 Å². The van der Waals surface area contributed by atoms with E-state index >= 15 is 0 Å². The van der Waals surface area contributed by atoms with Crippen LogP contribution in [-0.2, 0) is 4.74 Å². The molecule has 15 heavy (non-hydrogen) atoms. The molecule has 4 heteroatoms. The number of halogens is 1. The van der Waals surface area contributed by atoms with Gasteiger partial charge < -0.3 is 15.2 Å². The first-order valence-corrected chi connectivity index (χ1v) is 5.18. The van der Waals surface area contributed by atoms with Crippen LogP contribution in [0.1, 0.15) is 6.92 Å². The molecule has 0 aliphatic heterocycles. The molecule has 0 spiro atoms. The second-order valence-electron chi connectivity index (χ2n) is 3.40. The van der Waals surface area contributed by atoms with Crippen LogP contribution in [0.3, 0.4) is 0 Å². The fraction of sp³-hybridized carbons (Fsp3) is 0.455. The molecule has 2 N–H and O–H groups in total. The molecule has 0 bridgehead atoms. The maximum Gasteiger partial charge on any atom is 0.121 e. The van der Waals surface area contributed by atoms with E-state index in [9.17, 15) is 0 Å². The van der Waals surface area contributed by atoms with Gasteiger partial charge in [-0.3, -0.25) is 0 Å². The Morgan fingerprint density at radius 3 is 2.80 bits per heavy atom. The van der Waals surface area contributed by atoms with Gasteiger partial charge in [-0.25, -0.2) is 0 Å². The van der Waals surface area contributed by atoms with Gasteiger partial charge >= 0.3 is 0 Å². The monoisotopic (exact) mass is 229 g/mol. The van der Waals surface area contributed by atoms with Gasteiger partial charge in [-0.15, -0.1) is 0 Å². The van der Waals surface area contributed by atoms with Crippen molar-refractivity contribution in [2.24, 2.45) is 5.73 Å². The van der Waals surface area contributed by atoms with Crippen molar-refractivity contribution in [3.8, 4) is 5.75 Å². The van der Waals surface area contributed by atoms with Crippen molar-refractivity contribution in [1.29, 1.82) is 0 Å². The fourth-order valence-electron chi connectivity index (χ4n) is 1.17. The Bertz CT molecular complexity index is 306. The van der Waals surface area contributed by atoms with Crippen LogP contribution >= 0.6 is 11.6 Å². The summed E-state index contributed by atoms with van der Waals surface area (Å²) >= 11 is 5.83. The Hall–Kier alpha value is -0.770. The second kappa shape index (κ2) is 5.95. The van der Waals surface area contributed by atoms with E-state index in [0.29, 0.717) is 11.6 Å². The lowest BCUT2D eigenvalue weighted by Gasteiger charge is -2.20. The molecule has 84 valence electrons. The predicted octanol–water partition coefficient (Wildman–Crippen LogP) is 2.08. The minimum Gasteiger partial charge on any atom is -0.489 e. The van der Waals surface area contributed by atoms with Crippen LogP contribution in [0.2, 0.25) is 5.02 Å². The molecular formula is C11H16ClNO2. The average molecular weight is 230 g/mol. The molecule has 0 saturated heterocycles. The molecule has 3 nitrogen and oxygen atoms in total. The summed E-state index contributed by atoms with van der Waals surface area (Å²) in [4.78, 5) is 0. The van der Waals surface area contributed by atoms with E-state index < -0.39 is 0 Å². The standard InChI is InChI=1S/C11H16ClNO2/c1-8(11(13)7-14-2)15-10-5-3-4-9(12)6-10/h3-6,8,11H,7,13H2,1-2H3. The average Bonchev–Trinajstić information content (AvgIpc) is 2.18. The number of rotatable bonds is 5. The Balaban J connectivity index is 2.54. The van der Waals surface area contributed by atoms with Gasteiger partial charge in [0.25, 0.3) is 0 Å². The molecule has 2 atom stereocenters. The summed E-state index contributed by atoms with van der Waals surface area (Å²) < 4.78 is 10.6. The minimum absolute atomic E-state index is 0.108. The molecule has 1 rings (SSSR count). The summed E-state index contributed by atoms with van der Waals surface area (Å²) in [6.45, 7) is 2.38. The number of benzene rings is 1. The summed E-state index contributed by atoms with van der Waals surface area (Å²) in [6, 6.07) is 7.11. The summed E-state index contributed by atoms with van der Waals surface area (Å²) in [5.74, 6) is 0.724. The number of hydrogen-bond acceptors (Lipinski definition) is 3. The van der Waals surface area contributed by atoms with E-state index in [2.05, 4.69) is 0 Å². The summed E-state index contributed by atoms with van der Waals surface area (Å²) in [5.41, 5.74) is 5.83. The van der Waals surface area contributed by atoms with E-state index in [4.69, 9.17) is 26.8 Å². The fourth-order valence-corrected chi connectivity index (χ4v) is 1.35. The zero-order valence-corrected chi connectivity index (χ0v) is 9.70. The third-order valence-corrected chi connectivity index (χ3v) is 2.32. The van der Waals surface area contributed by atoms with Gasteiger partial charge in [-0.05, 0) is 25.1 Å². The van der Waals surface area contributed by atoms with Crippen molar-refractivity contribution < 1.29 is 9.47 Å². The molecule has 0 amide bonds. The smallest absolute Gasteiger partial charge is 0.121 e. The third-order valence-electron chi connectivity index (χ3n) is 2.08. The summed E-state index contributed by atoms with van der Waals surface area (Å²) in [7, 11) is 1.62. The topological polar surface area (TPSA) is 44.5 Å². The van der Waals surface area contributed by atoms with Gasteiger partial charge in [0.2, 0.25) is 0 Å². The molecule has 0 saturated carbocycles. The van der Waals surface area contributed by atoms with Gasteiger partial charge in [0.05, 0.1) is 12.6 Å². The molecular weight excluding hydrogens is 214 g/mol. The highest BCUT2D eigenvalue weighted by Gasteiger charge is 2.13. The second-order valence-corrected chi connectivity index (χ2v) is 3.84. The minimum atomic E-state index is -0.144. The van der Waals surface area contributed by atoms with Gasteiger partial charge in [-0.2, -0.15) is 0 Å². The Morgan fingerprint density at radius 2 is 2.20 bits per heavy atom. The lowest BCUT2D eigenvalue weighted by Crippen LogP contribution is -2.40. The molecule has 0 aliphatic rings. The van der Waals surface area contributed by atoms with E-state index in [1.165, 1.54) is 0 Å². The molecule has 0 aromatic heterocycles. The molecule has 0 radical (unpaired) electrons. The number of hydrogen-bond donors (Lipinski definition) is 1. The number of ether oxygens (including phenoxy) is 2. The first kappa shape index (κ1) is 12.3. The zero-order valence-electron chi connectivity index (χ0n) is 8.94. The third kappa shape index (κ3) is 4.08. The molecule has 0 fully saturated rings. The zero-order chi connectivity index (χ0) is 11.3. The highest BCUT2D eigenvalue weighted by molar-refractivity contribution is 6.30. The van der Waals surface area contributed by atoms with E-state index in [-0.39, 0.29) is 12.1 Å². The lowest BCUT2D eigenvalue weighted by atomic mass is 10.2. The Morgan fingerprint density at radius 1 is 1.47 bits per heavy atom. The van der Waals surface area contributed by atoms with Crippen LogP contribution in [0, 0.1) is 0 Å². The van der Waals surface area contributed by atoms with Crippen molar-refractivity contribution in [2.75, 3.05) is 13.7 Å². The maximum absolute atomic E-state index is 5.83. The lowest BCUT2D eigenvalue weighted by molar-refractivity contribution is 0.112. The SMILES string of the molecule is COCC(N)C(C)Oc1cccc(Cl)c1. The maximum atomic E-state index is 5.83. The number of methoxy groups -OCH3 is 1. The highest BCUT2D eigenvalue weighted by atomic mass is 35.5. The van der Waals surface area contributed by atoms with Crippen molar-refractivity contribution in [3.63, 3.8) is 0 Å². The normalized spacial score (nSPS) is 14.7. The molecule has 1 aromatic carbocycles. The molecule has 0 aliphatic carbocycles. The van der Waals surface area contributed by atoms with Crippen LogP contribution in [0.25, 0.3) is 0 Å². The van der Waals surface area contributed by atoms with Crippen LogP contribution in [0.15, 0.2) is 24.3 Å². The Kier molecular flexibility index (Phi) is 4.88. The van der Waals surface area contributed by atoms with Crippen LogP contribution in [0.4, 0.5) is 0 Å². The summed E-state index contributed by atoms with van der Waals surface area (Å²) in [6.07, 6.45) is -0.108. The van der Waals surface area contributed by atoms with Crippen molar-refractivity contribution >= 4 is 11.6 Å². The van der Waals surface area contributed by atoms with E-state index in [1.54, 1.807) is 19.2 Å². The Labute approximate surface area is 95.1 Å². The molecule has 2 unspecified atom stereocenters. The molecule has 1 aromatic rings. The van der Waals surface area contributed by atoms with Gasteiger partial charge in [0, 0.05) is 12.1 Å². The quantitative estimate of drug-likeness (QED) is 0.841. The first-order chi connectivity index (χ1) is 7.13. The van der Waals surface area contributed by atoms with Gasteiger partial charge in [-0.1, -0.05) is 17.7 Å². The first-order valence-electron chi connectivity index (χ1n) is 4.80. The largest absolute Gasteiger partial charge is 0.489 e. The van der Waals surface area contributed by atoms with Crippen LogP contribution in [-0.4, -0.2) is 25.9 Å². The van der Waals surface area contributed by atoms with Crippen LogP contribution in [0.5, 0.6) is 5.75 Å². The van der Waals surface area contributed by atoms with Gasteiger partial charge in [0.15, 0.2) is 0 Å². The number of nitrogens with two attached hydrogens (primary N) is 1. The highest BCUT2D eigenvalue weighted by Crippen LogP contribution is 2.18. The van der Waals surface area contributed by atoms with Crippen molar-refractivity contribution in [1.82, 2.24) is 0 Å². The van der Waals surface area contributed by atoms with Crippen molar-refractivity contribution in [2.45, 2.75) is 19.1 Å². The van der Waals surface area contributed by atoms with E-state index in [1.807, 2.05) is 19.1 Å². The summed E-state index contributed by atoms with van der Waals surface area (Å²) in [5, 5.41) is 0.653. The molecule has 0 heterocycles. The predicted molar refractivity (Wildman–Crippen MR) is 61.4 cm³/mol. The van der Waals surface area contributed by atoms with Crippen molar-refractivity contribution in [3.05, 3.63) is 29.3 Å².